The van der Waals surface area contributed by atoms with Crippen LogP contribution >= 0.6 is 15.9 Å². The molecule has 0 bridgehead atoms. The van der Waals surface area contributed by atoms with E-state index < -0.39 is 0 Å². The molecule has 0 radical (unpaired) electrons. The van der Waals surface area contributed by atoms with E-state index in [0.717, 1.165) is 10.0 Å². The predicted octanol–water partition coefficient (Wildman–Crippen LogP) is 2.25. The molecule has 0 unspecified atom stereocenters. The van der Waals surface area contributed by atoms with Crippen molar-refractivity contribution in [3.05, 3.63) is 27.8 Å². The maximum Gasteiger partial charge on any atom is 0.327 e. The first-order valence-corrected chi connectivity index (χ1v) is 5.93. The van der Waals surface area contributed by atoms with Gasteiger partial charge in [0.05, 0.1) is 0 Å². The number of rotatable bonds is 2. The fraction of sp³-hybridized carbons (Fsp3) is 0.455. The van der Waals surface area contributed by atoms with Crippen molar-refractivity contribution in [2.45, 2.75) is 20.8 Å². The number of pyridine rings is 1. The highest BCUT2D eigenvalue weighted by Crippen LogP contribution is 2.10. The Hall–Kier alpha value is -1.10. The zero-order valence-electron chi connectivity index (χ0n) is 9.67. The molecule has 0 aromatic carbocycles. The molecule has 1 rings (SSSR count). The summed E-state index contributed by atoms with van der Waals surface area (Å²) in [7, 11) is 0. The lowest BCUT2D eigenvalue weighted by Crippen LogP contribution is -2.38. The molecule has 88 valence electrons. The van der Waals surface area contributed by atoms with Gasteiger partial charge in [0, 0.05) is 22.8 Å². The Morgan fingerprint density at radius 3 is 2.81 bits per heavy atom. The third-order valence-electron chi connectivity index (χ3n) is 2.20. The molecule has 0 fully saturated rings. The second-order valence-corrected chi connectivity index (χ2v) is 4.94. The maximum atomic E-state index is 11.8. The van der Waals surface area contributed by atoms with Gasteiger partial charge in [0.1, 0.15) is 5.49 Å². The molecule has 1 aromatic rings. The molecule has 2 N–H and O–H groups in total. The highest BCUT2D eigenvalue weighted by Gasteiger charge is 2.07. The van der Waals surface area contributed by atoms with Crippen LogP contribution in [0.4, 0.5) is 4.79 Å². The molecule has 0 saturated heterocycles. The SMILES string of the molecule is Cc1c(Br)ccn(C(=O)NCC(C)C)c1=N. The second kappa shape index (κ2) is 5.30. The smallest absolute Gasteiger partial charge is 0.327 e. The Morgan fingerprint density at radius 2 is 2.25 bits per heavy atom. The Kier molecular flexibility index (Phi) is 4.29. The molecule has 1 heterocycles. The third-order valence-corrected chi connectivity index (χ3v) is 3.06. The Labute approximate surface area is 103 Å². The molecule has 0 aliphatic carbocycles. The molecule has 4 nitrogen and oxygen atoms in total. The van der Waals surface area contributed by atoms with Crippen LogP contribution in [-0.2, 0) is 0 Å². The topological polar surface area (TPSA) is 57.9 Å². The van der Waals surface area contributed by atoms with E-state index in [9.17, 15) is 4.79 Å². The summed E-state index contributed by atoms with van der Waals surface area (Å²) in [6.07, 6.45) is 1.59. The van der Waals surface area contributed by atoms with E-state index in [2.05, 4.69) is 21.2 Å². The fourth-order valence-electron chi connectivity index (χ4n) is 1.18. The summed E-state index contributed by atoms with van der Waals surface area (Å²) in [5.41, 5.74) is 0.956. The van der Waals surface area contributed by atoms with Gasteiger partial charge in [0.25, 0.3) is 0 Å². The molecular formula is C11H16BrN3O. The van der Waals surface area contributed by atoms with Crippen molar-refractivity contribution in [3.8, 4) is 0 Å². The molecule has 16 heavy (non-hydrogen) atoms. The first-order valence-electron chi connectivity index (χ1n) is 5.14. The fourth-order valence-corrected chi connectivity index (χ4v) is 1.49. The summed E-state index contributed by atoms with van der Waals surface area (Å²) in [6.45, 7) is 6.47. The van der Waals surface area contributed by atoms with Crippen LogP contribution < -0.4 is 10.8 Å². The average molecular weight is 286 g/mol. The molecule has 1 amide bonds. The molecule has 0 spiro atoms. The van der Waals surface area contributed by atoms with Gasteiger partial charge in [-0.3, -0.25) is 9.98 Å². The lowest BCUT2D eigenvalue weighted by atomic mass is 10.2. The van der Waals surface area contributed by atoms with Gasteiger partial charge in [-0.15, -0.1) is 0 Å². The minimum absolute atomic E-state index is 0.204. The number of carbonyl (C=O) groups excluding carboxylic acids is 1. The van der Waals surface area contributed by atoms with E-state index in [4.69, 9.17) is 5.41 Å². The van der Waals surface area contributed by atoms with Gasteiger partial charge in [-0.05, 0) is 18.9 Å². The van der Waals surface area contributed by atoms with Crippen LogP contribution in [-0.4, -0.2) is 17.1 Å². The maximum absolute atomic E-state index is 11.8. The number of hydrogen-bond donors (Lipinski definition) is 2. The summed E-state index contributed by atoms with van der Waals surface area (Å²) in [6, 6.07) is 1.51. The van der Waals surface area contributed by atoms with Gasteiger partial charge in [-0.25, -0.2) is 4.79 Å². The number of hydrogen-bond acceptors (Lipinski definition) is 2. The quantitative estimate of drug-likeness (QED) is 0.860. The van der Waals surface area contributed by atoms with Crippen LogP contribution in [0.25, 0.3) is 0 Å². The monoisotopic (exact) mass is 285 g/mol. The minimum atomic E-state index is -0.255. The van der Waals surface area contributed by atoms with Crippen molar-refractivity contribution in [1.29, 1.82) is 5.41 Å². The Balaban J connectivity index is 2.93. The number of halogens is 1. The van der Waals surface area contributed by atoms with E-state index in [1.807, 2.05) is 13.8 Å². The normalized spacial score (nSPS) is 10.6. The number of amides is 1. The van der Waals surface area contributed by atoms with Gasteiger partial charge in [0.15, 0.2) is 0 Å². The third kappa shape index (κ3) is 2.95. The van der Waals surface area contributed by atoms with Crippen LogP contribution in [0.1, 0.15) is 19.4 Å². The van der Waals surface area contributed by atoms with Gasteiger partial charge in [-0.2, -0.15) is 0 Å². The summed E-state index contributed by atoms with van der Waals surface area (Å²) in [4.78, 5) is 11.8. The lowest BCUT2D eigenvalue weighted by Gasteiger charge is -2.11. The van der Waals surface area contributed by atoms with Crippen molar-refractivity contribution in [2.24, 2.45) is 5.92 Å². The number of nitrogens with one attached hydrogen (secondary N) is 2. The van der Waals surface area contributed by atoms with Crippen molar-refractivity contribution in [3.63, 3.8) is 0 Å². The highest BCUT2D eigenvalue weighted by molar-refractivity contribution is 9.10. The van der Waals surface area contributed by atoms with E-state index in [-0.39, 0.29) is 11.5 Å². The Bertz CT molecular complexity index is 451. The summed E-state index contributed by atoms with van der Waals surface area (Å²) in [5.74, 6) is 0.398. The predicted molar refractivity (Wildman–Crippen MR) is 66.4 cm³/mol. The molecule has 0 saturated carbocycles. The van der Waals surface area contributed by atoms with Crippen molar-refractivity contribution in [2.75, 3.05) is 6.54 Å². The average Bonchev–Trinajstić information content (AvgIpc) is 2.23. The molecule has 1 aromatic heterocycles. The van der Waals surface area contributed by atoms with E-state index in [0.29, 0.717) is 12.5 Å². The standard InChI is InChI=1S/C11H16BrN3O/c1-7(2)6-14-11(16)15-5-4-9(12)8(3)10(15)13/h4-5,7,13H,6H2,1-3H3,(H,14,16). The van der Waals surface area contributed by atoms with Crippen LogP contribution in [0, 0.1) is 18.3 Å². The lowest BCUT2D eigenvalue weighted by molar-refractivity contribution is 0.240. The van der Waals surface area contributed by atoms with Gasteiger partial charge in [0.2, 0.25) is 0 Å². The molecule has 0 aliphatic rings. The number of carbonyl (C=O) groups is 1. The number of aromatic nitrogens is 1. The van der Waals surface area contributed by atoms with Crippen molar-refractivity contribution in [1.82, 2.24) is 9.88 Å². The van der Waals surface area contributed by atoms with Crippen LogP contribution in [0.2, 0.25) is 0 Å². The Morgan fingerprint density at radius 1 is 1.62 bits per heavy atom. The van der Waals surface area contributed by atoms with Gasteiger partial charge in [-0.1, -0.05) is 29.8 Å². The van der Waals surface area contributed by atoms with Crippen LogP contribution in [0.15, 0.2) is 16.7 Å². The van der Waals surface area contributed by atoms with E-state index in [1.54, 1.807) is 19.2 Å². The molecule has 0 atom stereocenters. The van der Waals surface area contributed by atoms with E-state index >= 15 is 0 Å². The zero-order chi connectivity index (χ0) is 12.3. The largest absolute Gasteiger partial charge is 0.337 e. The van der Waals surface area contributed by atoms with Gasteiger partial charge >= 0.3 is 6.03 Å². The molecule has 0 aliphatic heterocycles. The zero-order valence-corrected chi connectivity index (χ0v) is 11.3. The second-order valence-electron chi connectivity index (χ2n) is 4.09. The first kappa shape index (κ1) is 13.0. The van der Waals surface area contributed by atoms with Crippen molar-refractivity contribution < 1.29 is 4.79 Å². The van der Waals surface area contributed by atoms with Gasteiger partial charge < -0.3 is 5.32 Å². The molecule has 5 heteroatoms. The number of nitrogens with zero attached hydrogens (tertiary/aromatic N) is 1. The summed E-state index contributed by atoms with van der Waals surface area (Å²) in [5, 5.41) is 10.6. The first-order chi connectivity index (χ1) is 7.43. The summed E-state index contributed by atoms with van der Waals surface area (Å²) < 4.78 is 2.15. The molecular weight excluding hydrogens is 270 g/mol. The van der Waals surface area contributed by atoms with Crippen LogP contribution in [0.5, 0.6) is 0 Å². The van der Waals surface area contributed by atoms with Crippen molar-refractivity contribution >= 4 is 22.0 Å². The highest BCUT2D eigenvalue weighted by atomic mass is 79.9. The van der Waals surface area contributed by atoms with Crippen LogP contribution in [0.3, 0.4) is 0 Å². The van der Waals surface area contributed by atoms with E-state index in [1.165, 1.54) is 4.57 Å². The minimum Gasteiger partial charge on any atom is -0.337 e. The summed E-state index contributed by atoms with van der Waals surface area (Å²) >= 11 is 3.33.